The van der Waals surface area contributed by atoms with Gasteiger partial charge in [-0.2, -0.15) is 0 Å². The van der Waals surface area contributed by atoms with E-state index in [-0.39, 0.29) is 54.5 Å². The van der Waals surface area contributed by atoms with E-state index in [9.17, 15) is 75.3 Å². The Labute approximate surface area is 678 Å². The quantitative estimate of drug-likeness (QED) is 0.0315. The molecule has 6 aromatic heterocycles. The topological polar surface area (TPSA) is 282 Å². The molecular weight excluding hydrogens is 1680 g/mol. The second kappa shape index (κ2) is 39.0. The first-order valence-corrected chi connectivity index (χ1v) is 47.3. The number of ketones is 4. The second-order valence-corrected chi connectivity index (χ2v) is 40.5. The Hall–Kier alpha value is -7.79. The summed E-state index contributed by atoms with van der Waals surface area (Å²) in [6, 6.07) is 42.9. The molecule has 0 saturated heterocycles. The van der Waals surface area contributed by atoms with Gasteiger partial charge in [0, 0.05) is 121 Å². The number of phenols is 1. The predicted molar refractivity (Wildman–Crippen MR) is 452 cm³/mol. The zero-order chi connectivity index (χ0) is 81.5. The summed E-state index contributed by atoms with van der Waals surface area (Å²) in [6.45, 7) is 4.78. The molecule has 0 fully saturated rings. The lowest BCUT2D eigenvalue weighted by Crippen LogP contribution is -2.17. The van der Waals surface area contributed by atoms with Crippen molar-refractivity contribution in [2.75, 3.05) is 33.8 Å². The highest BCUT2D eigenvalue weighted by atomic mass is 35.5. The number of hydrogen-bond donors (Lipinski definition) is 5. The third kappa shape index (κ3) is 24.4. The first-order valence-electron chi connectivity index (χ1n) is 33.6. The molecule has 0 aliphatic rings. The van der Waals surface area contributed by atoms with E-state index < -0.39 is 70.0 Å². The molecule has 5 N–H and O–H groups in total. The zero-order valence-electron chi connectivity index (χ0n) is 59.9. The van der Waals surface area contributed by atoms with Gasteiger partial charge in [-0.05, 0) is 181 Å². The van der Waals surface area contributed by atoms with Crippen molar-refractivity contribution in [3.63, 3.8) is 0 Å². The maximum Gasteiger partial charge on any atom is 0.573 e. The Balaban J connectivity index is 0.000000172. The average molecular weight is 1750 g/mol. The number of methoxy groups -OCH3 is 1. The van der Waals surface area contributed by atoms with E-state index >= 15 is 0 Å². The lowest BCUT2D eigenvalue weighted by molar-refractivity contribution is -0.274. The number of rotatable bonds is 26. The van der Waals surface area contributed by atoms with Crippen LogP contribution in [0.1, 0.15) is 93.1 Å². The van der Waals surface area contributed by atoms with Crippen LogP contribution in [0.25, 0.3) is 64.6 Å². The first-order chi connectivity index (χ1) is 52.9. The number of para-hydroxylation sites is 2. The molecule has 0 spiro atoms. The fraction of sp³-hybridized carbons (Fsp3) is 0.175. The number of allylic oxidation sites excluding steroid dienone is 4. The van der Waals surface area contributed by atoms with Crippen molar-refractivity contribution in [3.8, 4) is 17.2 Å². The monoisotopic (exact) mass is 1750 g/mol. The van der Waals surface area contributed by atoms with E-state index in [0.29, 0.717) is 59.0 Å². The second-order valence-electron chi connectivity index (χ2n) is 25.5. The van der Waals surface area contributed by atoms with Crippen molar-refractivity contribution in [1.29, 1.82) is 0 Å². The van der Waals surface area contributed by atoms with Gasteiger partial charge in [0.1, 0.15) is 39.9 Å². The van der Waals surface area contributed by atoms with Gasteiger partial charge in [0.25, 0.3) is 0 Å². The number of nitrogens with zero attached hydrogens (tertiary/aromatic N) is 2. The number of benzene rings is 6. The van der Waals surface area contributed by atoms with Crippen molar-refractivity contribution in [1.82, 2.24) is 9.97 Å². The standard InChI is InChI=1S/C21H20ClO4PS.C20H16ClF3NO4PS.C20H18ClO4PS.C19H17ClNO3PS/c1-26-19-9-4-3-6-14(19)7-5-8-18(23)21(27(2,24)25)17-13-28-20-11-10-15(22)12-16(17)20;1-30(27,28)19(16-11-31-18-6-5-12(21)9-15(16)18)17(26)4-2-3-13-10-14(7-8-25-13)29-20(22,23)24;1-26(24,25)20(16-12-27-19-10-9-14(21)11-15(16)19)18(23)8-4-6-13-5-2-3-7-17(13)22;1-25(23,24)19(16-12-26-18-9-8-13(20)11-15(16)18)17(22)7-4-6-14-5-2-3-10-21-14/h3-7,9-13,21H,8H2,1-2H3,(H,24,25);2-3,5-11,19H,4H2,1H3,(H,27,28);2-7,9-12,20,22H,8H2,1H3,(H,24,25);2-6,8-12,19H,7H2,1H3,(H,23,24)/b7-5+;3-2+;2*6-4+. The van der Waals surface area contributed by atoms with E-state index in [0.717, 1.165) is 71.2 Å². The van der Waals surface area contributed by atoms with Crippen LogP contribution in [0.4, 0.5) is 13.2 Å². The zero-order valence-corrected chi connectivity index (χ0v) is 69.8. The highest BCUT2D eigenvalue weighted by Gasteiger charge is 2.39. The molecule has 12 aromatic rings. The molecule has 0 saturated carbocycles. The molecule has 6 aromatic carbocycles. The van der Waals surface area contributed by atoms with Crippen LogP contribution in [-0.4, -0.2) is 97.9 Å². The molecule has 6 heterocycles. The lowest BCUT2D eigenvalue weighted by Gasteiger charge is -2.18. The number of ether oxygens (including phenoxy) is 2. The largest absolute Gasteiger partial charge is 0.573 e. The van der Waals surface area contributed by atoms with Crippen LogP contribution in [0, 0.1) is 0 Å². The highest BCUT2D eigenvalue weighted by Crippen LogP contribution is 2.59. The van der Waals surface area contributed by atoms with Gasteiger partial charge < -0.3 is 34.2 Å². The fourth-order valence-electron chi connectivity index (χ4n) is 12.0. The van der Waals surface area contributed by atoms with E-state index in [1.807, 2.05) is 60.7 Å². The van der Waals surface area contributed by atoms with Crippen LogP contribution in [0.5, 0.6) is 17.2 Å². The molecule has 8 atom stereocenters. The number of thiophene rings is 4. The van der Waals surface area contributed by atoms with Crippen LogP contribution in [0.3, 0.4) is 0 Å². The number of fused-ring (bicyclic) bond motifs is 4. The lowest BCUT2D eigenvalue weighted by atomic mass is 10.0. The molecule has 0 aliphatic carbocycles. The van der Waals surface area contributed by atoms with Crippen molar-refractivity contribution in [2.45, 2.75) is 54.7 Å². The molecule has 112 heavy (non-hydrogen) atoms. The minimum absolute atomic E-state index is 0.0186. The molecule has 0 aliphatic heterocycles. The number of carbonyl (C=O) groups is 4. The Kier molecular flexibility index (Phi) is 30.7. The molecule has 584 valence electrons. The Morgan fingerprint density at radius 1 is 0.438 bits per heavy atom. The van der Waals surface area contributed by atoms with Gasteiger partial charge in [0.2, 0.25) is 29.5 Å². The number of carbonyl (C=O) groups excluding carboxylic acids is 4. The van der Waals surface area contributed by atoms with Crippen LogP contribution in [0.2, 0.25) is 20.1 Å². The number of phenolic OH excluding ortho intramolecular Hbond substituents is 1. The van der Waals surface area contributed by atoms with Crippen molar-refractivity contribution in [2.24, 2.45) is 0 Å². The summed E-state index contributed by atoms with van der Waals surface area (Å²) in [5.74, 6) is -1.10. The molecule has 8 unspecified atom stereocenters. The van der Waals surface area contributed by atoms with Gasteiger partial charge in [-0.15, -0.1) is 58.5 Å². The number of halogens is 7. The van der Waals surface area contributed by atoms with Crippen LogP contribution in [0.15, 0.2) is 210 Å². The summed E-state index contributed by atoms with van der Waals surface area (Å²) in [5.41, 5.74) is -0.135. The number of alkyl halides is 3. The summed E-state index contributed by atoms with van der Waals surface area (Å²) < 4.78 is 99.8. The fourth-order valence-corrected chi connectivity index (χ4v) is 22.4. The molecule has 12 rings (SSSR count). The number of pyridine rings is 2. The number of aromatic hydroxyl groups is 1. The van der Waals surface area contributed by atoms with Crippen LogP contribution >= 0.6 is 121 Å². The third-order valence-electron chi connectivity index (χ3n) is 16.8. The third-order valence-corrected chi connectivity index (χ3v) is 27.7. The van der Waals surface area contributed by atoms with Gasteiger partial charge in [0.05, 0.1) is 18.5 Å². The number of Topliss-reactive ketones (excluding diaryl/α,β-unsaturated/α-hetero) is 4. The summed E-state index contributed by atoms with van der Waals surface area (Å²) >= 11 is 29.9. The molecule has 32 heteroatoms. The average Bonchev–Trinajstić information content (AvgIpc) is 1.63. The van der Waals surface area contributed by atoms with Crippen LogP contribution < -0.4 is 9.47 Å². The molecular formula is C80H71Cl4F3N2O15P4S4. The minimum Gasteiger partial charge on any atom is -0.507 e. The SMILES string of the molecule is COc1ccccc1/C=C/CC(=O)C(c1csc2ccc(Cl)cc12)P(C)(=O)O.CP(=O)(O)C(C(=O)C/C=C/c1cc(OC(F)(F)F)ccn1)c1csc2ccc(Cl)cc12.CP(=O)(O)C(C(=O)C/C=C/c1ccccc1O)c1csc2ccc(Cl)cc12.CP(=O)(O)C(C(=O)C/C=C/c1ccccn1)c1csc2ccc(Cl)cc12. The highest BCUT2D eigenvalue weighted by molar-refractivity contribution is 7.59. The summed E-state index contributed by atoms with van der Waals surface area (Å²) in [7, 11) is -13.4. The predicted octanol–water partition coefficient (Wildman–Crippen LogP) is 24.1. The van der Waals surface area contributed by atoms with Gasteiger partial charge >= 0.3 is 6.36 Å². The van der Waals surface area contributed by atoms with Crippen LogP contribution in [-0.2, 0) is 37.4 Å². The Bertz CT molecular complexity index is 5750. The summed E-state index contributed by atoms with van der Waals surface area (Å²) in [5, 5.41) is 21.6. The van der Waals surface area contributed by atoms with Gasteiger partial charge in [-0.25, -0.2) is 0 Å². The molecule has 0 bridgehead atoms. The van der Waals surface area contributed by atoms with Gasteiger partial charge in [-0.3, -0.25) is 47.4 Å². The molecule has 0 amide bonds. The number of aromatic nitrogens is 2. The van der Waals surface area contributed by atoms with Crippen molar-refractivity contribution < 1.29 is 84.8 Å². The van der Waals surface area contributed by atoms with E-state index in [4.69, 9.17) is 51.1 Å². The normalized spacial score (nSPS) is 15.1. The number of hydrogen-bond acceptors (Lipinski definition) is 17. The minimum atomic E-state index is -4.83. The van der Waals surface area contributed by atoms with Crippen molar-refractivity contribution in [3.05, 3.63) is 275 Å². The maximum atomic E-state index is 12.9. The summed E-state index contributed by atoms with van der Waals surface area (Å²) in [4.78, 5) is 100. The molecule has 17 nitrogen and oxygen atoms in total. The van der Waals surface area contributed by atoms with E-state index in [1.165, 1.54) is 77.5 Å². The van der Waals surface area contributed by atoms with Crippen molar-refractivity contribution >= 4 is 209 Å². The van der Waals surface area contributed by atoms with E-state index in [2.05, 4.69) is 14.7 Å². The first kappa shape index (κ1) is 88.2. The maximum absolute atomic E-state index is 12.9. The van der Waals surface area contributed by atoms with Gasteiger partial charge in [0.15, 0.2) is 23.1 Å². The smallest absolute Gasteiger partial charge is 0.507 e. The van der Waals surface area contributed by atoms with Gasteiger partial charge in [-0.1, -0.05) is 125 Å². The molecule has 0 radical (unpaired) electrons. The summed E-state index contributed by atoms with van der Waals surface area (Å²) in [6.07, 6.45) is 10.7. The Morgan fingerprint density at radius 3 is 1.12 bits per heavy atom. The Morgan fingerprint density at radius 2 is 0.768 bits per heavy atom. The van der Waals surface area contributed by atoms with E-state index in [1.54, 1.807) is 150 Å².